The van der Waals surface area contributed by atoms with Crippen LogP contribution in [0.2, 0.25) is 0 Å². The van der Waals surface area contributed by atoms with E-state index in [2.05, 4.69) is 18.0 Å². The normalized spacial score (nSPS) is 20.1. The molecule has 1 aliphatic rings. The lowest BCUT2D eigenvalue weighted by Gasteiger charge is -2.19. The van der Waals surface area contributed by atoms with E-state index in [9.17, 15) is 4.79 Å². The van der Waals surface area contributed by atoms with E-state index < -0.39 is 0 Å². The molecule has 2 aromatic rings. The van der Waals surface area contributed by atoms with Gasteiger partial charge >= 0.3 is 0 Å². The van der Waals surface area contributed by atoms with Crippen LogP contribution in [0.3, 0.4) is 0 Å². The monoisotopic (exact) mass is 213 g/mol. The van der Waals surface area contributed by atoms with Crippen LogP contribution in [0.4, 0.5) is 0 Å². The van der Waals surface area contributed by atoms with E-state index in [4.69, 9.17) is 0 Å². The van der Waals surface area contributed by atoms with Crippen molar-refractivity contribution in [3.8, 4) is 0 Å². The minimum Gasteiger partial charge on any atom is -0.352 e. The zero-order chi connectivity index (χ0) is 11.1. The Kier molecular flexibility index (Phi) is 2.10. The van der Waals surface area contributed by atoms with Crippen molar-refractivity contribution in [3.63, 3.8) is 0 Å². The molecular formula is C14H15NO. The SMILES string of the molecule is CC[C@H]1CC(=O)c2[nH]c3ccccc3c2C1. The van der Waals surface area contributed by atoms with Crippen molar-refractivity contribution in [2.24, 2.45) is 5.92 Å². The smallest absolute Gasteiger partial charge is 0.179 e. The number of nitrogens with one attached hydrogen (secondary N) is 1. The van der Waals surface area contributed by atoms with E-state index in [1.54, 1.807) is 0 Å². The van der Waals surface area contributed by atoms with Gasteiger partial charge in [-0.3, -0.25) is 4.79 Å². The third-order valence-corrected chi connectivity index (χ3v) is 3.64. The number of benzene rings is 1. The molecular weight excluding hydrogens is 198 g/mol. The highest BCUT2D eigenvalue weighted by molar-refractivity contribution is 6.03. The van der Waals surface area contributed by atoms with Gasteiger partial charge in [-0.25, -0.2) is 0 Å². The van der Waals surface area contributed by atoms with Gasteiger partial charge in [0.2, 0.25) is 0 Å². The first-order chi connectivity index (χ1) is 7.79. The van der Waals surface area contributed by atoms with Gasteiger partial charge in [-0.15, -0.1) is 0 Å². The summed E-state index contributed by atoms with van der Waals surface area (Å²) in [7, 11) is 0. The summed E-state index contributed by atoms with van der Waals surface area (Å²) in [4.78, 5) is 15.3. The van der Waals surface area contributed by atoms with Crippen molar-refractivity contribution in [3.05, 3.63) is 35.5 Å². The lowest BCUT2D eigenvalue weighted by molar-refractivity contribution is 0.0943. The van der Waals surface area contributed by atoms with Crippen molar-refractivity contribution >= 4 is 16.7 Å². The average molecular weight is 213 g/mol. The zero-order valence-corrected chi connectivity index (χ0v) is 9.42. The minimum absolute atomic E-state index is 0.282. The maximum Gasteiger partial charge on any atom is 0.179 e. The fourth-order valence-electron chi connectivity index (χ4n) is 2.66. The maximum atomic E-state index is 12.0. The van der Waals surface area contributed by atoms with E-state index >= 15 is 0 Å². The quantitative estimate of drug-likeness (QED) is 0.774. The number of carbonyl (C=O) groups is 1. The van der Waals surface area contributed by atoms with Crippen LogP contribution in [0.25, 0.3) is 10.9 Å². The standard InChI is InChI=1S/C14H15NO/c1-2-9-7-11-10-5-3-4-6-12(10)15-14(11)13(16)8-9/h3-6,9,15H,2,7-8H2,1H3/t9-/m1/s1. The Bertz CT molecular complexity index is 553. The molecule has 1 N–H and O–H groups in total. The van der Waals surface area contributed by atoms with Gasteiger partial charge in [0.15, 0.2) is 5.78 Å². The van der Waals surface area contributed by atoms with Gasteiger partial charge in [-0.05, 0) is 24.0 Å². The number of H-pyrrole nitrogens is 1. The van der Waals surface area contributed by atoms with Gasteiger partial charge in [-0.1, -0.05) is 31.5 Å². The predicted octanol–water partition coefficient (Wildman–Crippen LogP) is 3.32. The summed E-state index contributed by atoms with van der Waals surface area (Å²) < 4.78 is 0. The molecule has 0 saturated carbocycles. The number of aromatic amines is 1. The lowest BCUT2D eigenvalue weighted by atomic mass is 9.84. The zero-order valence-electron chi connectivity index (χ0n) is 9.42. The Hall–Kier alpha value is -1.57. The van der Waals surface area contributed by atoms with Gasteiger partial charge in [-0.2, -0.15) is 0 Å². The molecule has 0 radical (unpaired) electrons. The van der Waals surface area contributed by atoms with Crippen molar-refractivity contribution in [1.82, 2.24) is 4.98 Å². The molecule has 1 atom stereocenters. The molecule has 0 amide bonds. The predicted molar refractivity (Wildman–Crippen MR) is 64.7 cm³/mol. The molecule has 1 aliphatic carbocycles. The highest BCUT2D eigenvalue weighted by Crippen LogP contribution is 2.32. The molecule has 1 aromatic carbocycles. The van der Waals surface area contributed by atoms with Crippen molar-refractivity contribution in [1.29, 1.82) is 0 Å². The number of ketones is 1. The van der Waals surface area contributed by atoms with Crippen LogP contribution in [0.15, 0.2) is 24.3 Å². The molecule has 2 nitrogen and oxygen atoms in total. The van der Waals surface area contributed by atoms with Crippen molar-refractivity contribution < 1.29 is 4.79 Å². The first kappa shape index (κ1) is 9.64. The number of Topliss-reactive ketones (excluding diaryl/α,β-unsaturated/α-hetero) is 1. The van der Waals surface area contributed by atoms with Crippen LogP contribution in [-0.4, -0.2) is 10.8 Å². The number of para-hydroxylation sites is 1. The molecule has 3 rings (SSSR count). The molecule has 0 aliphatic heterocycles. The summed E-state index contributed by atoms with van der Waals surface area (Å²) in [6, 6.07) is 8.19. The highest BCUT2D eigenvalue weighted by Gasteiger charge is 2.27. The van der Waals surface area contributed by atoms with E-state index in [-0.39, 0.29) is 5.78 Å². The number of hydrogen-bond acceptors (Lipinski definition) is 1. The molecule has 0 spiro atoms. The fraction of sp³-hybridized carbons (Fsp3) is 0.357. The topological polar surface area (TPSA) is 32.9 Å². The Morgan fingerprint density at radius 2 is 2.12 bits per heavy atom. The summed E-state index contributed by atoms with van der Waals surface area (Å²) in [5, 5.41) is 1.23. The molecule has 0 saturated heterocycles. The Morgan fingerprint density at radius 3 is 2.94 bits per heavy atom. The molecule has 0 unspecified atom stereocenters. The number of hydrogen-bond donors (Lipinski definition) is 1. The fourth-order valence-corrected chi connectivity index (χ4v) is 2.66. The molecule has 0 fully saturated rings. The second-order valence-corrected chi connectivity index (χ2v) is 4.63. The first-order valence-electron chi connectivity index (χ1n) is 5.92. The van der Waals surface area contributed by atoms with E-state index in [1.807, 2.05) is 18.2 Å². The molecule has 2 heteroatoms. The summed E-state index contributed by atoms with van der Waals surface area (Å²) in [5.74, 6) is 0.809. The molecule has 16 heavy (non-hydrogen) atoms. The Balaban J connectivity index is 2.22. The number of aromatic nitrogens is 1. The largest absolute Gasteiger partial charge is 0.352 e. The molecule has 1 aromatic heterocycles. The van der Waals surface area contributed by atoms with Gasteiger partial charge in [0.05, 0.1) is 5.69 Å². The van der Waals surface area contributed by atoms with E-state index in [0.717, 1.165) is 24.1 Å². The third kappa shape index (κ3) is 1.29. The van der Waals surface area contributed by atoms with E-state index in [1.165, 1.54) is 10.9 Å². The Labute approximate surface area is 94.7 Å². The summed E-state index contributed by atoms with van der Waals surface area (Å²) >= 11 is 0. The van der Waals surface area contributed by atoms with Crippen LogP contribution in [0.1, 0.15) is 35.8 Å². The average Bonchev–Trinajstić information content (AvgIpc) is 2.68. The Morgan fingerprint density at radius 1 is 1.31 bits per heavy atom. The van der Waals surface area contributed by atoms with Crippen LogP contribution >= 0.6 is 0 Å². The van der Waals surface area contributed by atoms with Gasteiger partial charge in [0, 0.05) is 17.3 Å². The van der Waals surface area contributed by atoms with Crippen LogP contribution < -0.4 is 0 Å². The summed E-state index contributed by atoms with van der Waals surface area (Å²) in [5.41, 5.74) is 3.18. The van der Waals surface area contributed by atoms with Gasteiger partial charge in [0.1, 0.15) is 0 Å². The maximum absolute atomic E-state index is 12.0. The first-order valence-corrected chi connectivity index (χ1v) is 5.92. The third-order valence-electron chi connectivity index (χ3n) is 3.64. The van der Waals surface area contributed by atoms with Crippen molar-refractivity contribution in [2.45, 2.75) is 26.2 Å². The number of carbonyl (C=O) groups excluding carboxylic acids is 1. The second-order valence-electron chi connectivity index (χ2n) is 4.63. The molecule has 0 bridgehead atoms. The van der Waals surface area contributed by atoms with Gasteiger partial charge < -0.3 is 4.98 Å². The van der Waals surface area contributed by atoms with Crippen molar-refractivity contribution in [2.75, 3.05) is 0 Å². The van der Waals surface area contributed by atoms with E-state index in [0.29, 0.717) is 12.3 Å². The lowest BCUT2D eigenvalue weighted by Crippen LogP contribution is -2.18. The second kappa shape index (κ2) is 3.48. The number of fused-ring (bicyclic) bond motifs is 3. The van der Waals surface area contributed by atoms with Gasteiger partial charge in [0.25, 0.3) is 0 Å². The van der Waals surface area contributed by atoms with Crippen LogP contribution in [-0.2, 0) is 6.42 Å². The van der Waals surface area contributed by atoms with Crippen LogP contribution in [0.5, 0.6) is 0 Å². The highest BCUT2D eigenvalue weighted by atomic mass is 16.1. The minimum atomic E-state index is 0.282. The summed E-state index contributed by atoms with van der Waals surface area (Å²) in [6.07, 6.45) is 2.84. The summed E-state index contributed by atoms with van der Waals surface area (Å²) in [6.45, 7) is 2.16. The number of rotatable bonds is 1. The molecule has 1 heterocycles. The van der Waals surface area contributed by atoms with Crippen LogP contribution in [0, 0.1) is 5.92 Å². The molecule has 82 valence electrons.